The van der Waals surface area contributed by atoms with E-state index in [4.69, 9.17) is 0 Å². The second-order valence-electron chi connectivity index (χ2n) is 4.31. The van der Waals surface area contributed by atoms with Gasteiger partial charge in [0.25, 0.3) is 0 Å². The molecular weight excluding hydrogens is 242 g/mol. The zero-order chi connectivity index (χ0) is 13.1. The van der Waals surface area contributed by atoms with Crippen LogP contribution in [0.1, 0.15) is 45.1 Å². The molecular formula is C14H25N3S. The van der Waals surface area contributed by atoms with E-state index in [2.05, 4.69) is 46.3 Å². The van der Waals surface area contributed by atoms with Crippen LogP contribution in [0.15, 0.2) is 21.8 Å². The molecule has 0 unspecified atom stereocenters. The van der Waals surface area contributed by atoms with E-state index in [1.54, 1.807) is 11.3 Å². The van der Waals surface area contributed by atoms with Crippen molar-refractivity contribution < 1.29 is 0 Å². The maximum Gasteiger partial charge on any atom is 0.191 e. The van der Waals surface area contributed by atoms with Crippen molar-refractivity contribution in [1.29, 1.82) is 0 Å². The van der Waals surface area contributed by atoms with Crippen LogP contribution in [0.25, 0.3) is 0 Å². The Kier molecular flexibility index (Phi) is 8.30. The van der Waals surface area contributed by atoms with E-state index in [1.807, 2.05) is 0 Å². The molecule has 102 valence electrons. The normalized spacial score (nSPS) is 11.6. The van der Waals surface area contributed by atoms with Gasteiger partial charge in [0.05, 0.1) is 6.54 Å². The molecule has 0 radical (unpaired) electrons. The van der Waals surface area contributed by atoms with E-state index in [0.29, 0.717) is 0 Å². The van der Waals surface area contributed by atoms with Gasteiger partial charge in [-0.3, -0.25) is 0 Å². The van der Waals surface area contributed by atoms with Crippen molar-refractivity contribution in [3.63, 3.8) is 0 Å². The van der Waals surface area contributed by atoms with Crippen LogP contribution >= 0.6 is 11.3 Å². The van der Waals surface area contributed by atoms with Crippen LogP contribution in [0, 0.1) is 0 Å². The summed E-state index contributed by atoms with van der Waals surface area (Å²) in [6.07, 6.45) is 5.13. The lowest BCUT2D eigenvalue weighted by molar-refractivity contribution is 0.647. The third kappa shape index (κ3) is 6.64. The highest BCUT2D eigenvalue weighted by molar-refractivity contribution is 7.07. The van der Waals surface area contributed by atoms with Gasteiger partial charge >= 0.3 is 0 Å². The Morgan fingerprint density at radius 2 is 2.11 bits per heavy atom. The van der Waals surface area contributed by atoms with Gasteiger partial charge in [-0.25, -0.2) is 4.99 Å². The van der Waals surface area contributed by atoms with Crippen molar-refractivity contribution >= 4 is 17.3 Å². The summed E-state index contributed by atoms with van der Waals surface area (Å²) in [5.74, 6) is 0.931. The highest BCUT2D eigenvalue weighted by Gasteiger charge is 1.97. The maximum absolute atomic E-state index is 4.57. The van der Waals surface area contributed by atoms with E-state index in [-0.39, 0.29) is 0 Å². The summed E-state index contributed by atoms with van der Waals surface area (Å²) in [6, 6.07) is 2.12. The molecule has 1 aromatic heterocycles. The topological polar surface area (TPSA) is 36.4 Å². The lowest BCUT2D eigenvalue weighted by atomic mass is 10.2. The van der Waals surface area contributed by atoms with E-state index in [0.717, 1.165) is 25.6 Å². The summed E-state index contributed by atoms with van der Waals surface area (Å²) in [7, 11) is 0. The number of nitrogens with zero attached hydrogens (tertiary/aromatic N) is 1. The largest absolute Gasteiger partial charge is 0.357 e. The Hall–Kier alpha value is -1.03. The summed E-state index contributed by atoms with van der Waals surface area (Å²) in [5.41, 5.74) is 1.28. The maximum atomic E-state index is 4.57. The fraction of sp³-hybridized carbons (Fsp3) is 0.643. The predicted octanol–water partition coefficient (Wildman–Crippen LogP) is 3.38. The van der Waals surface area contributed by atoms with Gasteiger partial charge in [-0.1, -0.05) is 26.2 Å². The molecule has 0 aromatic carbocycles. The molecule has 0 saturated heterocycles. The van der Waals surface area contributed by atoms with E-state index in [9.17, 15) is 0 Å². The molecule has 0 aliphatic carbocycles. The van der Waals surface area contributed by atoms with E-state index >= 15 is 0 Å². The average molecular weight is 267 g/mol. The molecule has 1 aromatic rings. The van der Waals surface area contributed by atoms with E-state index in [1.165, 1.54) is 31.2 Å². The molecule has 0 atom stereocenters. The van der Waals surface area contributed by atoms with Crippen molar-refractivity contribution in [2.24, 2.45) is 4.99 Å². The van der Waals surface area contributed by atoms with Crippen molar-refractivity contribution in [3.8, 4) is 0 Å². The molecule has 4 heteroatoms. The third-order valence-corrected chi connectivity index (χ3v) is 3.40. The molecule has 1 rings (SSSR count). The summed E-state index contributed by atoms with van der Waals surface area (Å²) < 4.78 is 0. The van der Waals surface area contributed by atoms with Gasteiger partial charge in [-0.15, -0.1) is 0 Å². The number of guanidine groups is 1. The number of aliphatic imine (C=N–C) groups is 1. The second kappa shape index (κ2) is 9.95. The first kappa shape index (κ1) is 15.0. The highest BCUT2D eigenvalue weighted by atomic mass is 32.1. The first-order valence-corrected chi connectivity index (χ1v) is 7.84. The van der Waals surface area contributed by atoms with Crippen LogP contribution in [0.3, 0.4) is 0 Å². The lowest BCUT2D eigenvalue weighted by Crippen LogP contribution is -2.37. The fourth-order valence-corrected chi connectivity index (χ4v) is 2.31. The highest BCUT2D eigenvalue weighted by Crippen LogP contribution is 2.06. The molecule has 2 N–H and O–H groups in total. The average Bonchev–Trinajstić information content (AvgIpc) is 2.88. The summed E-state index contributed by atoms with van der Waals surface area (Å²) in [5, 5.41) is 10.9. The van der Waals surface area contributed by atoms with Crippen LogP contribution in [-0.2, 0) is 6.54 Å². The van der Waals surface area contributed by atoms with Crippen molar-refractivity contribution in [3.05, 3.63) is 22.4 Å². The zero-order valence-electron chi connectivity index (χ0n) is 11.5. The molecule has 0 aliphatic heterocycles. The quantitative estimate of drug-likeness (QED) is 0.430. The Balaban J connectivity index is 2.27. The van der Waals surface area contributed by atoms with Crippen molar-refractivity contribution in [1.82, 2.24) is 10.6 Å². The third-order valence-electron chi connectivity index (χ3n) is 2.67. The van der Waals surface area contributed by atoms with Gasteiger partial charge in [-0.2, -0.15) is 11.3 Å². The Labute approximate surface area is 115 Å². The molecule has 18 heavy (non-hydrogen) atoms. The molecule has 0 bridgehead atoms. The predicted molar refractivity (Wildman–Crippen MR) is 81.3 cm³/mol. The molecule has 0 aliphatic rings. The van der Waals surface area contributed by atoms with Crippen molar-refractivity contribution in [2.75, 3.05) is 13.1 Å². The Morgan fingerprint density at radius 3 is 2.78 bits per heavy atom. The Morgan fingerprint density at radius 1 is 1.22 bits per heavy atom. The molecule has 0 saturated carbocycles. The first-order chi connectivity index (χ1) is 8.86. The monoisotopic (exact) mass is 267 g/mol. The lowest BCUT2D eigenvalue weighted by Gasteiger charge is -2.10. The van der Waals surface area contributed by atoms with Gasteiger partial charge < -0.3 is 10.6 Å². The van der Waals surface area contributed by atoms with Crippen LogP contribution in [0.2, 0.25) is 0 Å². The van der Waals surface area contributed by atoms with Crippen LogP contribution in [0.4, 0.5) is 0 Å². The van der Waals surface area contributed by atoms with Gasteiger partial charge in [0.1, 0.15) is 0 Å². The fourth-order valence-electron chi connectivity index (χ4n) is 1.65. The second-order valence-corrected chi connectivity index (χ2v) is 5.09. The first-order valence-electron chi connectivity index (χ1n) is 6.90. The summed E-state index contributed by atoms with van der Waals surface area (Å²) in [6.45, 7) is 7.01. The number of rotatable bonds is 8. The minimum Gasteiger partial charge on any atom is -0.357 e. The number of thiophene rings is 1. The summed E-state index contributed by atoms with van der Waals surface area (Å²) >= 11 is 1.72. The van der Waals surface area contributed by atoms with Gasteiger partial charge in [0, 0.05) is 13.1 Å². The van der Waals surface area contributed by atoms with Gasteiger partial charge in [-0.05, 0) is 35.7 Å². The molecule has 3 nitrogen and oxygen atoms in total. The number of nitrogens with one attached hydrogen (secondary N) is 2. The molecule has 0 fully saturated rings. The number of hydrogen-bond acceptors (Lipinski definition) is 2. The van der Waals surface area contributed by atoms with Crippen LogP contribution in [-0.4, -0.2) is 19.0 Å². The van der Waals surface area contributed by atoms with Crippen LogP contribution in [0.5, 0.6) is 0 Å². The van der Waals surface area contributed by atoms with Crippen molar-refractivity contribution in [2.45, 2.75) is 46.1 Å². The minimum atomic E-state index is 0.758. The molecule has 1 heterocycles. The zero-order valence-corrected chi connectivity index (χ0v) is 12.4. The smallest absolute Gasteiger partial charge is 0.191 e. The summed E-state index contributed by atoms with van der Waals surface area (Å²) in [4.78, 5) is 4.57. The standard InChI is InChI=1S/C14H25N3S/c1-3-5-6-7-9-16-14(15-4-2)17-11-13-8-10-18-12-13/h8,10,12H,3-7,9,11H2,1-2H3,(H2,15,16,17). The minimum absolute atomic E-state index is 0.758. The SMILES string of the molecule is CCCCCCNC(=NCc1ccsc1)NCC. The number of unbranched alkanes of at least 4 members (excludes halogenated alkanes) is 3. The van der Waals surface area contributed by atoms with E-state index < -0.39 is 0 Å². The van der Waals surface area contributed by atoms with Crippen LogP contribution < -0.4 is 10.6 Å². The molecule has 0 spiro atoms. The molecule has 0 amide bonds. The van der Waals surface area contributed by atoms with Gasteiger partial charge in [0.2, 0.25) is 0 Å². The Bertz CT molecular complexity index is 320. The van der Waals surface area contributed by atoms with Gasteiger partial charge in [0.15, 0.2) is 5.96 Å². The number of hydrogen-bond donors (Lipinski definition) is 2.